The van der Waals surface area contributed by atoms with Gasteiger partial charge in [0.25, 0.3) is 0 Å². The average Bonchev–Trinajstić information content (AvgIpc) is 1.46. The molecule has 5 aliphatic rings. The minimum absolute atomic E-state index is 0.00886. The van der Waals surface area contributed by atoms with Crippen LogP contribution in [0.4, 0.5) is 0 Å². The fraction of sp³-hybridized carbons (Fsp3) is 0.134. The van der Waals surface area contributed by atoms with Crippen molar-refractivity contribution >= 4 is 53.9 Å². The summed E-state index contributed by atoms with van der Waals surface area (Å²) >= 11 is 0. The Bertz CT molecular complexity index is 5920. The maximum Gasteiger partial charge on any atom is 0.0159 e. The van der Waals surface area contributed by atoms with Crippen molar-refractivity contribution in [2.45, 2.75) is 84.0 Å². The van der Waals surface area contributed by atoms with Crippen molar-refractivity contribution in [1.82, 2.24) is 0 Å². The Hall–Kier alpha value is -10.9. The van der Waals surface area contributed by atoms with E-state index in [-0.39, 0.29) is 21.7 Å². The summed E-state index contributed by atoms with van der Waals surface area (Å²) in [5.74, 6) is 0. The van der Waals surface area contributed by atoms with Gasteiger partial charge >= 0.3 is 0 Å². The highest BCUT2D eigenvalue weighted by atomic mass is 14.4. The highest BCUT2D eigenvalue weighted by molar-refractivity contribution is 6.26. The molecule has 0 bridgehead atoms. The normalized spacial score (nSPS) is 14.7. The predicted octanol–water partition coefficient (Wildman–Crippen LogP) is 26.8. The van der Waals surface area contributed by atoms with Gasteiger partial charge in [-0.25, -0.2) is 0 Å². The van der Waals surface area contributed by atoms with E-state index in [4.69, 9.17) is 0 Å². The molecule has 0 fully saturated rings. The summed E-state index contributed by atoms with van der Waals surface area (Å²) < 4.78 is 0. The van der Waals surface area contributed by atoms with Crippen LogP contribution < -0.4 is 0 Å². The Morgan fingerprint density at radius 3 is 0.918 bits per heavy atom. The van der Waals surface area contributed by atoms with Gasteiger partial charge in [-0.3, -0.25) is 0 Å². The van der Waals surface area contributed by atoms with Gasteiger partial charge in [-0.1, -0.05) is 305 Å². The molecule has 5 aliphatic carbocycles. The third-order valence-electron chi connectivity index (χ3n) is 23.8. The maximum atomic E-state index is 2.48. The quantitative estimate of drug-likeness (QED) is 0.154. The molecule has 16 aromatic carbocycles. The van der Waals surface area contributed by atoms with Gasteiger partial charge in [0.05, 0.1) is 0 Å². The summed E-state index contributed by atoms with van der Waals surface area (Å²) in [7, 11) is 0. The molecule has 0 amide bonds. The summed E-state index contributed by atoms with van der Waals surface area (Å²) in [4.78, 5) is 0. The van der Waals surface area contributed by atoms with Crippen molar-refractivity contribution in [3.05, 3.63) is 312 Å². The molecule has 0 nitrogen and oxygen atoms in total. The van der Waals surface area contributed by atoms with Crippen molar-refractivity contribution in [3.8, 4) is 122 Å². The first-order chi connectivity index (χ1) is 47.0. The number of rotatable bonds is 4. The van der Waals surface area contributed by atoms with Gasteiger partial charge in [0.15, 0.2) is 0 Å². The van der Waals surface area contributed by atoms with Gasteiger partial charge in [-0.05, 0) is 251 Å². The summed E-state index contributed by atoms with van der Waals surface area (Å²) in [6.45, 7) is 21.3. The standard InChI is InChI=1S/C50H42.C47H30/c1-48(2,3)35-24-33-13-12-29-14-19-36(41-23-18-34(25-35)46(33)47(29)41)32-17-22-40-39-21-16-31(27-44(39)50(6,7)45(40)28-32)30-15-20-38-37-10-8-9-11-42(37)49(4,5)43(38)26-30;1-47(2)43-25-27(29-21-23-41-33-11-5-3-9-31(33)39-15-7-13-37(29)45(39)41)17-19-35(43)36-20-18-28(26-44(36)47)30-22-24-42-34-12-6-4-10-32(34)40-16-8-14-38(30)46(40)42/h8-28H,1-7H3;3-26H,1-2H3. The molecule has 16 aromatic rings. The maximum absolute atomic E-state index is 2.48. The highest BCUT2D eigenvalue weighted by Gasteiger charge is 2.40. The summed E-state index contributed by atoms with van der Waals surface area (Å²) in [5, 5.41) is 13.5. The topological polar surface area (TPSA) is 0 Å². The molecule has 21 rings (SSSR count). The molecule has 0 N–H and O–H groups in total. The smallest absolute Gasteiger partial charge is 0.0159 e. The first-order valence-electron chi connectivity index (χ1n) is 34.9. The van der Waals surface area contributed by atoms with Crippen LogP contribution in [0.2, 0.25) is 0 Å². The Morgan fingerprint density at radius 2 is 0.485 bits per heavy atom. The van der Waals surface area contributed by atoms with Gasteiger partial charge in [0, 0.05) is 16.2 Å². The molecule has 0 spiro atoms. The van der Waals surface area contributed by atoms with Crippen molar-refractivity contribution in [2.75, 3.05) is 0 Å². The van der Waals surface area contributed by atoms with Crippen molar-refractivity contribution in [3.63, 3.8) is 0 Å². The van der Waals surface area contributed by atoms with Gasteiger partial charge < -0.3 is 0 Å². The third-order valence-corrected chi connectivity index (χ3v) is 23.8. The molecule has 97 heavy (non-hydrogen) atoms. The zero-order valence-electron chi connectivity index (χ0n) is 56.5. The fourth-order valence-electron chi connectivity index (χ4n) is 18.7. The van der Waals surface area contributed by atoms with E-state index < -0.39 is 0 Å². The second-order valence-corrected chi connectivity index (χ2v) is 31.0. The second kappa shape index (κ2) is 19.6. The zero-order valence-corrected chi connectivity index (χ0v) is 56.5. The molecule has 0 heterocycles. The number of hydrogen-bond acceptors (Lipinski definition) is 0. The van der Waals surface area contributed by atoms with E-state index >= 15 is 0 Å². The van der Waals surface area contributed by atoms with Gasteiger partial charge in [-0.2, -0.15) is 0 Å². The van der Waals surface area contributed by atoms with Crippen LogP contribution in [-0.4, -0.2) is 0 Å². The van der Waals surface area contributed by atoms with E-state index in [1.165, 1.54) is 215 Å². The van der Waals surface area contributed by atoms with E-state index in [0.717, 1.165) is 0 Å². The minimum atomic E-state index is -0.118. The SMILES string of the molecule is CC(C)(C)c1cc2ccc3ccc(-c4ccc5c(c4)C(C)(C)c4cc(-c6ccc7c(c6)C(C)(C)c6ccccc6-7)ccc4-5)c4ccc(c1)c2c34.CC1(C)c2cc(-c3ccc4c5c(cccc35)-c3ccccc3-4)ccc2-c2ccc(-c3ccc4c5c(cccc35)-c3ccccc3-4)cc21. The second-order valence-electron chi connectivity index (χ2n) is 31.0. The molecule has 0 radical (unpaired) electrons. The Balaban J connectivity index is 0.000000132. The average molecular weight is 1240 g/mol. The van der Waals surface area contributed by atoms with Crippen molar-refractivity contribution in [2.24, 2.45) is 0 Å². The molecule has 0 saturated carbocycles. The van der Waals surface area contributed by atoms with Crippen LogP contribution in [-0.2, 0) is 21.7 Å². The van der Waals surface area contributed by atoms with Crippen LogP contribution >= 0.6 is 0 Å². The Labute approximate surface area is 568 Å². The molecule has 0 unspecified atom stereocenters. The molecule has 0 aliphatic heterocycles. The van der Waals surface area contributed by atoms with Crippen LogP contribution in [0.3, 0.4) is 0 Å². The third kappa shape index (κ3) is 7.82. The first kappa shape index (κ1) is 56.4. The molecular weight excluding hydrogens is 1170 g/mol. The Morgan fingerprint density at radius 1 is 0.196 bits per heavy atom. The fourth-order valence-corrected chi connectivity index (χ4v) is 18.7. The molecule has 0 saturated heterocycles. The van der Waals surface area contributed by atoms with Crippen LogP contribution in [0.1, 0.15) is 101 Å². The van der Waals surface area contributed by atoms with Crippen LogP contribution in [0.15, 0.2) is 273 Å². The summed E-state index contributed by atoms with van der Waals surface area (Å²) in [6.07, 6.45) is 0. The van der Waals surface area contributed by atoms with E-state index in [1.807, 2.05) is 0 Å². The number of benzene rings is 16. The van der Waals surface area contributed by atoms with E-state index in [2.05, 4.69) is 335 Å². The first-order valence-corrected chi connectivity index (χ1v) is 34.9. The van der Waals surface area contributed by atoms with Crippen molar-refractivity contribution < 1.29 is 0 Å². The van der Waals surface area contributed by atoms with Crippen molar-refractivity contribution in [1.29, 1.82) is 0 Å². The molecule has 0 heteroatoms. The van der Waals surface area contributed by atoms with E-state index in [9.17, 15) is 0 Å². The highest BCUT2D eigenvalue weighted by Crippen LogP contribution is 2.57. The van der Waals surface area contributed by atoms with Gasteiger partial charge in [0.1, 0.15) is 0 Å². The summed E-state index contributed by atoms with van der Waals surface area (Å²) in [6, 6.07) is 104. The van der Waals surface area contributed by atoms with Gasteiger partial charge in [0.2, 0.25) is 0 Å². The lowest BCUT2D eigenvalue weighted by Gasteiger charge is -2.24. The van der Waals surface area contributed by atoms with Crippen LogP contribution in [0, 0.1) is 0 Å². The number of hydrogen-bond donors (Lipinski definition) is 0. The minimum Gasteiger partial charge on any atom is -0.0619 e. The summed E-state index contributed by atoms with van der Waals surface area (Å²) in [5.41, 5.74) is 39.1. The molecule has 460 valence electrons. The largest absolute Gasteiger partial charge is 0.0619 e. The lowest BCUT2D eigenvalue weighted by Crippen LogP contribution is -2.15. The molecular formula is C97H72. The zero-order chi connectivity index (χ0) is 65.3. The monoisotopic (exact) mass is 1240 g/mol. The lowest BCUT2D eigenvalue weighted by molar-refractivity contribution is 0.591. The number of fused-ring (bicyclic) bond motifs is 15. The van der Waals surface area contributed by atoms with Crippen LogP contribution in [0.5, 0.6) is 0 Å². The lowest BCUT2D eigenvalue weighted by atomic mass is 9.79. The van der Waals surface area contributed by atoms with E-state index in [1.54, 1.807) is 0 Å². The molecule has 0 aromatic heterocycles. The Kier molecular flexibility index (Phi) is 11.4. The van der Waals surface area contributed by atoms with Crippen LogP contribution in [0.25, 0.3) is 176 Å². The van der Waals surface area contributed by atoms with E-state index in [0.29, 0.717) is 0 Å². The molecule has 0 atom stereocenters. The predicted molar refractivity (Wildman–Crippen MR) is 414 cm³/mol. The van der Waals surface area contributed by atoms with Gasteiger partial charge in [-0.15, -0.1) is 0 Å².